The predicted octanol–water partition coefficient (Wildman–Crippen LogP) is 3.24. The van der Waals surface area contributed by atoms with Gasteiger partial charge < -0.3 is 0 Å². The van der Waals surface area contributed by atoms with E-state index in [-0.39, 0.29) is 29.3 Å². The third-order valence-electron chi connectivity index (χ3n) is 3.99. The second kappa shape index (κ2) is 9.11. The molecule has 2 rings (SSSR count). The first-order valence-corrected chi connectivity index (χ1v) is 8.23. The Kier molecular flexibility index (Phi) is 7.49. The summed E-state index contributed by atoms with van der Waals surface area (Å²) in [6, 6.07) is 5.31. The molecule has 2 amide bonds. The normalized spacial score (nSPS) is 16.8. The molecule has 130 valence electrons. The first-order valence-electron chi connectivity index (χ1n) is 8.23. The summed E-state index contributed by atoms with van der Waals surface area (Å²) < 4.78 is 0. The smallest absolute Gasteiger partial charge is 0.229 e. The van der Waals surface area contributed by atoms with Crippen LogP contribution < -0.4 is 5.32 Å². The average Bonchev–Trinajstić information content (AvgIpc) is 2.50. The number of piperidine rings is 1. The zero-order chi connectivity index (χ0) is 18.3. The van der Waals surface area contributed by atoms with Crippen molar-refractivity contribution in [1.29, 1.82) is 0 Å². The molecule has 0 saturated carbocycles. The van der Waals surface area contributed by atoms with Gasteiger partial charge in [-0.1, -0.05) is 31.5 Å². The predicted molar refractivity (Wildman–Crippen MR) is 92.0 cm³/mol. The molecule has 1 unspecified atom stereocenters. The van der Waals surface area contributed by atoms with Crippen molar-refractivity contribution in [2.75, 3.05) is 0 Å². The van der Waals surface area contributed by atoms with E-state index in [1.807, 2.05) is 19.9 Å². The first kappa shape index (κ1) is 19.7. The number of imide groups is 1. The van der Waals surface area contributed by atoms with Gasteiger partial charge in [-0.15, -0.1) is 0 Å². The lowest BCUT2D eigenvalue weighted by Gasteiger charge is -2.19. The van der Waals surface area contributed by atoms with Gasteiger partial charge in [-0.05, 0) is 39.2 Å². The Labute approximate surface area is 142 Å². The molecule has 0 aromatic heterocycles. The Hall–Kier alpha value is -2.30. The van der Waals surface area contributed by atoms with Crippen molar-refractivity contribution in [2.24, 2.45) is 5.92 Å². The molecule has 1 saturated heterocycles. The van der Waals surface area contributed by atoms with E-state index in [2.05, 4.69) is 5.32 Å². The lowest BCUT2D eigenvalue weighted by Crippen LogP contribution is -2.40. The Balaban J connectivity index is 0.000000243. The van der Waals surface area contributed by atoms with Crippen LogP contribution in [0.25, 0.3) is 0 Å². The minimum atomic E-state index is -0.123. The van der Waals surface area contributed by atoms with Gasteiger partial charge >= 0.3 is 0 Å². The van der Waals surface area contributed by atoms with Crippen molar-refractivity contribution >= 4 is 23.4 Å². The summed E-state index contributed by atoms with van der Waals surface area (Å²) in [4.78, 5) is 44.2. The minimum Gasteiger partial charge on any atom is -0.296 e. The summed E-state index contributed by atoms with van der Waals surface area (Å²) in [7, 11) is 0. The van der Waals surface area contributed by atoms with Gasteiger partial charge in [0.25, 0.3) is 0 Å². The quantitative estimate of drug-likeness (QED) is 0.678. The maximum absolute atomic E-state index is 11.2. The summed E-state index contributed by atoms with van der Waals surface area (Å²) in [5.41, 5.74) is 1.93. The molecule has 24 heavy (non-hydrogen) atoms. The fourth-order valence-corrected chi connectivity index (χ4v) is 2.79. The van der Waals surface area contributed by atoms with Gasteiger partial charge in [0.2, 0.25) is 11.8 Å². The maximum Gasteiger partial charge on any atom is 0.229 e. The minimum absolute atomic E-state index is 0.0525. The van der Waals surface area contributed by atoms with Crippen LogP contribution in [0.4, 0.5) is 0 Å². The van der Waals surface area contributed by atoms with Gasteiger partial charge in [0, 0.05) is 23.5 Å². The van der Waals surface area contributed by atoms with Crippen molar-refractivity contribution < 1.29 is 19.2 Å². The van der Waals surface area contributed by atoms with E-state index in [4.69, 9.17) is 0 Å². The summed E-state index contributed by atoms with van der Waals surface area (Å²) in [6.07, 6.45) is 3.15. The highest BCUT2D eigenvalue weighted by atomic mass is 16.2. The highest BCUT2D eigenvalue weighted by molar-refractivity contribution is 6.08. The third kappa shape index (κ3) is 5.41. The summed E-state index contributed by atoms with van der Waals surface area (Å²) >= 11 is 0. The average molecular weight is 331 g/mol. The molecule has 0 radical (unpaired) electrons. The van der Waals surface area contributed by atoms with Gasteiger partial charge in [0.1, 0.15) is 0 Å². The molecule has 1 aromatic rings. The van der Waals surface area contributed by atoms with Gasteiger partial charge in [0.15, 0.2) is 11.6 Å². The zero-order valence-corrected chi connectivity index (χ0v) is 14.8. The lowest BCUT2D eigenvalue weighted by molar-refractivity contribution is -0.136. The van der Waals surface area contributed by atoms with Crippen molar-refractivity contribution in [3.05, 3.63) is 34.9 Å². The maximum atomic E-state index is 11.2. The van der Waals surface area contributed by atoms with Crippen LogP contribution in [0.3, 0.4) is 0 Å². The number of aryl methyl sites for hydroxylation is 1. The van der Waals surface area contributed by atoms with E-state index >= 15 is 0 Å². The molecule has 5 nitrogen and oxygen atoms in total. The van der Waals surface area contributed by atoms with Crippen LogP contribution in [0, 0.1) is 12.8 Å². The number of benzene rings is 1. The summed E-state index contributed by atoms with van der Waals surface area (Å²) in [6.45, 7) is 6.84. The Bertz CT molecular complexity index is 649. The van der Waals surface area contributed by atoms with E-state index in [0.717, 1.165) is 24.8 Å². The van der Waals surface area contributed by atoms with E-state index < -0.39 is 0 Å². The van der Waals surface area contributed by atoms with Gasteiger partial charge in [-0.3, -0.25) is 24.5 Å². The van der Waals surface area contributed by atoms with E-state index in [1.165, 1.54) is 13.8 Å². The molecule has 1 aliphatic heterocycles. The van der Waals surface area contributed by atoms with Crippen molar-refractivity contribution in [3.8, 4) is 0 Å². The first-order chi connectivity index (χ1) is 11.3. The van der Waals surface area contributed by atoms with Crippen LogP contribution in [0.15, 0.2) is 18.2 Å². The van der Waals surface area contributed by atoms with E-state index in [0.29, 0.717) is 17.5 Å². The van der Waals surface area contributed by atoms with Gasteiger partial charge in [0.05, 0.1) is 0 Å². The Morgan fingerprint density at radius 2 is 1.83 bits per heavy atom. The second-order valence-corrected chi connectivity index (χ2v) is 6.05. The third-order valence-corrected chi connectivity index (χ3v) is 3.99. The number of rotatable bonds is 4. The fourth-order valence-electron chi connectivity index (χ4n) is 2.79. The second-order valence-electron chi connectivity index (χ2n) is 6.05. The molecule has 1 atom stereocenters. The van der Waals surface area contributed by atoms with Crippen molar-refractivity contribution in [3.63, 3.8) is 0 Å². The molecule has 0 aliphatic carbocycles. The van der Waals surface area contributed by atoms with Crippen LogP contribution in [-0.4, -0.2) is 23.4 Å². The van der Waals surface area contributed by atoms with Crippen molar-refractivity contribution in [1.82, 2.24) is 5.32 Å². The molecular weight excluding hydrogens is 306 g/mol. The zero-order valence-electron chi connectivity index (χ0n) is 14.8. The molecule has 1 N–H and O–H groups in total. The highest BCUT2D eigenvalue weighted by Gasteiger charge is 2.25. The van der Waals surface area contributed by atoms with Crippen LogP contribution in [0.5, 0.6) is 0 Å². The molecule has 1 aromatic carbocycles. The topological polar surface area (TPSA) is 80.3 Å². The monoisotopic (exact) mass is 331 g/mol. The number of hydrogen-bond acceptors (Lipinski definition) is 4. The van der Waals surface area contributed by atoms with E-state index in [9.17, 15) is 19.2 Å². The van der Waals surface area contributed by atoms with Gasteiger partial charge in [-0.25, -0.2) is 0 Å². The van der Waals surface area contributed by atoms with Crippen LogP contribution in [0.1, 0.15) is 72.7 Å². The Morgan fingerprint density at radius 3 is 2.29 bits per heavy atom. The molecule has 1 aliphatic rings. The number of hydrogen-bond donors (Lipinski definition) is 1. The molecular formula is C19H25NO4. The fraction of sp³-hybridized carbons (Fsp3) is 0.474. The van der Waals surface area contributed by atoms with Crippen molar-refractivity contribution in [2.45, 2.75) is 53.4 Å². The standard InChI is InChI=1S/C11H12O2.C8H13NO2/c1-7-5-4-6-10(8(2)12)11(7)9(3)13;1-2-3-6-4-5-7(10)9-8(6)11/h4-6H,1-3H3;6H,2-5H2,1H3,(H,9,10,11). The molecule has 0 spiro atoms. The number of Topliss-reactive ketones (excluding diaryl/α,β-unsaturated/α-hetero) is 2. The number of amides is 2. The highest BCUT2D eigenvalue weighted by Crippen LogP contribution is 2.17. The number of ketones is 2. The lowest BCUT2D eigenvalue weighted by atomic mass is 9.94. The van der Waals surface area contributed by atoms with Crippen LogP contribution in [-0.2, 0) is 9.59 Å². The number of carbonyl (C=O) groups excluding carboxylic acids is 4. The van der Waals surface area contributed by atoms with Gasteiger partial charge in [-0.2, -0.15) is 0 Å². The molecule has 5 heteroatoms. The molecule has 1 heterocycles. The van der Waals surface area contributed by atoms with Crippen LogP contribution >= 0.6 is 0 Å². The number of nitrogens with one attached hydrogen (secondary N) is 1. The van der Waals surface area contributed by atoms with Crippen LogP contribution in [0.2, 0.25) is 0 Å². The Morgan fingerprint density at radius 1 is 1.17 bits per heavy atom. The SMILES string of the molecule is CC(=O)c1cccc(C)c1C(C)=O.CCCC1CCC(=O)NC1=O. The summed E-state index contributed by atoms with van der Waals surface area (Å²) in [5.74, 6) is -0.236. The molecule has 0 bridgehead atoms. The largest absolute Gasteiger partial charge is 0.296 e. The summed E-state index contributed by atoms with van der Waals surface area (Å²) in [5, 5.41) is 2.34. The van der Waals surface area contributed by atoms with E-state index in [1.54, 1.807) is 12.1 Å². The molecule has 1 fully saturated rings. The number of carbonyl (C=O) groups is 4.